The monoisotopic (exact) mass is 1090 g/mol. The van der Waals surface area contributed by atoms with Gasteiger partial charge in [-0.25, -0.2) is 0 Å². The molecule has 4 heteroatoms. The average Bonchev–Trinajstić information content (AvgIpc) is 1.44. The van der Waals surface area contributed by atoms with Crippen LogP contribution in [0.25, 0.3) is 98.4 Å². The van der Waals surface area contributed by atoms with E-state index < -0.39 is 0 Å². The molecule has 16 rings (SSSR count). The standard InChI is InChI=1S/C80H74N4/c1-77-43-13-15-45-79(77,3)83(57-33-29-55(30-34-57)81(5)6)73-41-27-53(47-71(73)77)67-49-69(61-25-17-21-51-19-9-11-23-59(51)61)65-40-38-64-68(50-70(66-39-37-63(67)75(65)76(64)66)62-26-18-22-52-20-10-12-24-60(52)62)54-28-42-74-72(48-54)78(2)44-14-16-46-80(78,4)84(74)58-35-31-56(32-36-58)82(7)8/h9-12,17-42,47-50H,13-16,43-46H2,1-8H3. The zero-order valence-electron chi connectivity index (χ0n) is 50.1. The molecule has 0 radical (unpaired) electrons. The van der Waals surface area contributed by atoms with Crippen LogP contribution in [0.5, 0.6) is 0 Å². The highest BCUT2D eigenvalue weighted by molar-refractivity contribution is 6.33. The highest BCUT2D eigenvalue weighted by atomic mass is 15.3. The number of benzene rings is 12. The van der Waals surface area contributed by atoms with Gasteiger partial charge < -0.3 is 19.6 Å². The molecule has 2 heterocycles. The molecule has 84 heavy (non-hydrogen) atoms. The Morgan fingerprint density at radius 1 is 0.321 bits per heavy atom. The minimum absolute atomic E-state index is 0.0446. The lowest BCUT2D eigenvalue weighted by Crippen LogP contribution is -2.54. The number of anilines is 6. The summed E-state index contributed by atoms with van der Waals surface area (Å²) in [7, 11) is 8.53. The van der Waals surface area contributed by atoms with Crippen molar-refractivity contribution in [2.24, 2.45) is 0 Å². The first kappa shape index (κ1) is 51.1. The molecule has 2 saturated carbocycles. The van der Waals surface area contributed by atoms with Crippen molar-refractivity contribution in [3.05, 3.63) is 217 Å². The Hall–Kier alpha value is -8.60. The molecule has 4 unspecified atom stereocenters. The molecular weight excluding hydrogens is 1020 g/mol. The second kappa shape index (κ2) is 18.4. The first-order valence-electron chi connectivity index (χ1n) is 31.0. The molecule has 414 valence electrons. The fourth-order valence-corrected chi connectivity index (χ4v) is 17.2. The van der Waals surface area contributed by atoms with Crippen LogP contribution in [0, 0.1) is 0 Å². The lowest BCUT2D eigenvalue weighted by atomic mass is 9.61. The fraction of sp³-hybridized carbons (Fsp3) is 0.250. The first-order chi connectivity index (χ1) is 40.8. The molecule has 0 aromatic heterocycles. The predicted octanol–water partition coefficient (Wildman–Crippen LogP) is 21.2. The van der Waals surface area contributed by atoms with E-state index >= 15 is 0 Å². The van der Waals surface area contributed by atoms with E-state index in [0.29, 0.717) is 0 Å². The lowest BCUT2D eigenvalue weighted by molar-refractivity contribution is 0.195. The molecule has 0 amide bonds. The maximum absolute atomic E-state index is 2.72. The highest BCUT2D eigenvalue weighted by Gasteiger charge is 2.59. The third kappa shape index (κ3) is 7.06. The Balaban J connectivity index is 0.978. The van der Waals surface area contributed by atoms with E-state index in [1.54, 1.807) is 0 Å². The number of hydrogen-bond donors (Lipinski definition) is 0. The summed E-state index contributed by atoms with van der Waals surface area (Å²) in [5.74, 6) is 0. The van der Waals surface area contributed by atoms with Gasteiger partial charge in [0.15, 0.2) is 0 Å². The van der Waals surface area contributed by atoms with Gasteiger partial charge in [-0.1, -0.05) is 161 Å². The van der Waals surface area contributed by atoms with Crippen LogP contribution in [0.15, 0.2) is 206 Å². The summed E-state index contributed by atoms with van der Waals surface area (Å²) in [4.78, 5) is 9.85. The van der Waals surface area contributed by atoms with E-state index in [-0.39, 0.29) is 21.9 Å². The van der Waals surface area contributed by atoms with Gasteiger partial charge in [0.25, 0.3) is 0 Å². The Kier molecular flexibility index (Phi) is 11.2. The maximum atomic E-state index is 2.72. The number of rotatable bonds is 8. The van der Waals surface area contributed by atoms with Crippen LogP contribution < -0.4 is 19.6 Å². The van der Waals surface area contributed by atoms with E-state index in [1.165, 1.54) is 169 Å². The summed E-state index contributed by atoms with van der Waals surface area (Å²) in [5, 5.41) is 12.9. The van der Waals surface area contributed by atoms with Gasteiger partial charge >= 0.3 is 0 Å². The molecule has 2 fully saturated rings. The van der Waals surface area contributed by atoms with E-state index in [9.17, 15) is 0 Å². The molecule has 2 aliphatic heterocycles. The van der Waals surface area contributed by atoms with Crippen LogP contribution >= 0.6 is 0 Å². The summed E-state index contributed by atoms with van der Waals surface area (Å²) < 4.78 is 0. The molecule has 0 bridgehead atoms. The second-order valence-corrected chi connectivity index (χ2v) is 26.7. The van der Waals surface area contributed by atoms with Crippen molar-refractivity contribution >= 4 is 88.0 Å². The number of hydrogen-bond acceptors (Lipinski definition) is 4. The third-order valence-corrected chi connectivity index (χ3v) is 22.1. The minimum atomic E-state index is -0.0720. The summed E-state index contributed by atoms with van der Waals surface area (Å²) in [6.07, 6.45) is 9.57. The van der Waals surface area contributed by atoms with Crippen LogP contribution in [-0.2, 0) is 10.8 Å². The van der Waals surface area contributed by atoms with E-state index in [4.69, 9.17) is 0 Å². The van der Waals surface area contributed by atoms with Gasteiger partial charge in [-0.2, -0.15) is 0 Å². The Bertz CT molecular complexity index is 4340. The van der Waals surface area contributed by atoms with Crippen LogP contribution in [0.3, 0.4) is 0 Å². The minimum Gasteiger partial charge on any atom is -0.378 e. The van der Waals surface area contributed by atoms with Crippen LogP contribution in [-0.4, -0.2) is 39.3 Å². The number of fused-ring (bicyclic) bond motifs is 8. The van der Waals surface area contributed by atoms with Gasteiger partial charge in [-0.15, -0.1) is 0 Å². The molecule has 0 spiro atoms. The molecule has 0 saturated heterocycles. The predicted molar refractivity (Wildman–Crippen MR) is 361 cm³/mol. The normalized spacial score (nSPS) is 21.8. The largest absolute Gasteiger partial charge is 0.378 e. The molecule has 0 N–H and O–H groups in total. The van der Waals surface area contributed by atoms with Crippen molar-refractivity contribution in [2.45, 2.75) is 101 Å². The zero-order valence-corrected chi connectivity index (χ0v) is 50.1. The van der Waals surface area contributed by atoms with Gasteiger partial charge in [-0.05, 0) is 234 Å². The Labute approximate surface area is 495 Å². The average molecular weight is 1090 g/mol. The summed E-state index contributed by atoms with van der Waals surface area (Å²) in [5.41, 5.74) is 20.6. The first-order valence-corrected chi connectivity index (χ1v) is 31.0. The lowest BCUT2D eigenvalue weighted by Gasteiger charge is -2.50. The van der Waals surface area contributed by atoms with Crippen molar-refractivity contribution in [3.63, 3.8) is 0 Å². The smallest absolute Gasteiger partial charge is 0.0517 e. The SMILES string of the molecule is CN(C)c1ccc(N2c3ccc(-c4cc(-c5cccc6ccccc56)c5ccc6c(-c7ccc8c(c7)C7(C)CCCCC7(C)N8c7ccc(N(C)C)cc7)cc(-c7cccc8ccccc78)c7ccc4c5c67)cc3C3(C)CCCCC23C)cc1. The van der Waals surface area contributed by atoms with Gasteiger partial charge in [0.2, 0.25) is 0 Å². The van der Waals surface area contributed by atoms with Crippen LogP contribution in [0.2, 0.25) is 0 Å². The Morgan fingerprint density at radius 3 is 1.10 bits per heavy atom. The van der Waals surface area contributed by atoms with Gasteiger partial charge in [0.05, 0.1) is 11.1 Å². The summed E-state index contributed by atoms with van der Waals surface area (Å²) in [6, 6.07) is 80.5. The summed E-state index contributed by atoms with van der Waals surface area (Å²) >= 11 is 0. The van der Waals surface area contributed by atoms with Crippen molar-refractivity contribution in [1.29, 1.82) is 0 Å². The van der Waals surface area contributed by atoms with E-state index in [1.807, 2.05) is 0 Å². The second-order valence-electron chi connectivity index (χ2n) is 26.7. The van der Waals surface area contributed by atoms with Crippen molar-refractivity contribution in [2.75, 3.05) is 47.8 Å². The van der Waals surface area contributed by atoms with E-state index in [0.717, 1.165) is 25.7 Å². The van der Waals surface area contributed by atoms with Gasteiger partial charge in [-0.3, -0.25) is 0 Å². The molecule has 2 aliphatic carbocycles. The van der Waals surface area contributed by atoms with E-state index in [2.05, 4.69) is 282 Å². The van der Waals surface area contributed by atoms with Crippen molar-refractivity contribution < 1.29 is 0 Å². The molecule has 12 aromatic carbocycles. The molecule has 4 nitrogen and oxygen atoms in total. The molecule has 4 aliphatic rings. The van der Waals surface area contributed by atoms with Crippen molar-refractivity contribution in [3.8, 4) is 44.5 Å². The highest BCUT2D eigenvalue weighted by Crippen LogP contribution is 2.64. The molecular formula is C80H74N4. The number of nitrogens with zero attached hydrogens (tertiary/aromatic N) is 4. The fourth-order valence-electron chi connectivity index (χ4n) is 17.2. The topological polar surface area (TPSA) is 13.0 Å². The van der Waals surface area contributed by atoms with Crippen LogP contribution in [0.1, 0.15) is 90.2 Å². The van der Waals surface area contributed by atoms with Gasteiger partial charge in [0.1, 0.15) is 0 Å². The summed E-state index contributed by atoms with van der Waals surface area (Å²) in [6.45, 7) is 10.3. The Morgan fingerprint density at radius 2 is 0.690 bits per heavy atom. The molecule has 12 aromatic rings. The molecule has 4 atom stereocenters. The van der Waals surface area contributed by atoms with Crippen molar-refractivity contribution in [1.82, 2.24) is 0 Å². The maximum Gasteiger partial charge on any atom is 0.0517 e. The van der Waals surface area contributed by atoms with Gasteiger partial charge in [0, 0.05) is 73.1 Å². The quantitative estimate of drug-likeness (QED) is 0.141. The zero-order chi connectivity index (χ0) is 57.0. The third-order valence-electron chi connectivity index (χ3n) is 22.1. The van der Waals surface area contributed by atoms with Crippen LogP contribution in [0.4, 0.5) is 34.1 Å².